The quantitative estimate of drug-likeness (QED) is 0.163. The van der Waals surface area contributed by atoms with Gasteiger partial charge in [-0.2, -0.15) is 0 Å². The molecule has 0 aliphatic heterocycles. The summed E-state index contributed by atoms with van der Waals surface area (Å²) in [5, 5.41) is 24.3. The third kappa shape index (κ3) is 10.4. The lowest BCUT2D eigenvalue weighted by molar-refractivity contribution is 0.426. The second-order valence-electron chi connectivity index (χ2n) is 16.3. The highest BCUT2D eigenvalue weighted by Crippen LogP contribution is 2.40. The van der Waals surface area contributed by atoms with Crippen LogP contribution >= 0.6 is 70.5 Å². The lowest BCUT2D eigenvalue weighted by atomic mass is 9.77. The van der Waals surface area contributed by atoms with Gasteiger partial charge >= 0.3 is 7.12 Å². The summed E-state index contributed by atoms with van der Waals surface area (Å²) in [5.41, 5.74) is 12.0. The standard InChI is InChI=1S/C30H19BrS.C18H15BO2.C12H6Br2S/c31-26-12-14-30-28(19-26)27-18-22(11-13-29(27)32-30)25-16-23(20-7-3-1-4-8-20)15-24(17-25)21-9-5-2-6-10-21;20-19(21)18-12-16(14-7-3-1-4-8-14)11-17(13-18)15-9-5-2-6-10-15;13-7-1-3-11-9(5-7)10-6-8(14)2-4-12(10)15-11/h1-19H;1-13,20-21H;1-6H. The van der Waals surface area contributed by atoms with Crippen molar-refractivity contribution in [3.63, 3.8) is 0 Å². The summed E-state index contributed by atoms with van der Waals surface area (Å²) in [5.74, 6) is 0. The average Bonchev–Trinajstić information content (AvgIpc) is 3.94. The molecule has 0 saturated heterocycles. The van der Waals surface area contributed by atoms with Gasteiger partial charge < -0.3 is 10.0 Å². The van der Waals surface area contributed by atoms with Crippen molar-refractivity contribution >= 4 is 123 Å². The maximum absolute atomic E-state index is 9.52. The second-order valence-corrected chi connectivity index (χ2v) is 21.2. The molecule has 0 unspecified atom stereocenters. The molecule has 12 aromatic rings. The fraction of sp³-hybridized carbons (Fsp3) is 0. The maximum Gasteiger partial charge on any atom is 0.488 e. The summed E-state index contributed by atoms with van der Waals surface area (Å²) in [6, 6.07) is 80.0. The Morgan fingerprint density at radius 1 is 0.265 bits per heavy atom. The van der Waals surface area contributed by atoms with Gasteiger partial charge in [0.05, 0.1) is 0 Å². The highest BCUT2D eigenvalue weighted by molar-refractivity contribution is 9.11. The normalized spacial score (nSPS) is 11.0. The van der Waals surface area contributed by atoms with Crippen molar-refractivity contribution < 1.29 is 10.0 Å². The summed E-state index contributed by atoms with van der Waals surface area (Å²) in [7, 11) is -1.48. The molecule has 0 atom stereocenters. The zero-order valence-electron chi connectivity index (χ0n) is 36.4. The first-order valence-electron chi connectivity index (χ1n) is 22.0. The minimum absolute atomic E-state index is 0.496. The highest BCUT2D eigenvalue weighted by atomic mass is 79.9. The summed E-state index contributed by atoms with van der Waals surface area (Å²) >= 11 is 14.4. The fourth-order valence-electron chi connectivity index (χ4n) is 8.44. The molecule has 12 rings (SSSR count). The third-order valence-corrected chi connectivity index (χ3v) is 15.6. The van der Waals surface area contributed by atoms with Crippen molar-refractivity contribution in [2.24, 2.45) is 0 Å². The van der Waals surface area contributed by atoms with E-state index < -0.39 is 7.12 Å². The Morgan fingerprint density at radius 2 is 0.544 bits per heavy atom. The first-order chi connectivity index (χ1) is 33.2. The van der Waals surface area contributed by atoms with Gasteiger partial charge in [-0.15, -0.1) is 22.7 Å². The molecule has 0 fully saturated rings. The molecule has 0 bridgehead atoms. The Hall–Kier alpha value is -5.94. The lowest BCUT2D eigenvalue weighted by Crippen LogP contribution is -2.29. The summed E-state index contributed by atoms with van der Waals surface area (Å²) in [4.78, 5) is 0. The van der Waals surface area contributed by atoms with Crippen LogP contribution in [0, 0.1) is 0 Å². The zero-order chi connectivity index (χ0) is 46.6. The zero-order valence-corrected chi connectivity index (χ0v) is 42.8. The molecule has 2 N–H and O–H groups in total. The van der Waals surface area contributed by atoms with E-state index in [1.54, 1.807) is 0 Å². The second kappa shape index (κ2) is 20.7. The van der Waals surface area contributed by atoms with Crippen LogP contribution in [0.15, 0.2) is 244 Å². The van der Waals surface area contributed by atoms with E-state index in [4.69, 9.17) is 0 Å². The van der Waals surface area contributed by atoms with Crippen LogP contribution in [0.3, 0.4) is 0 Å². The van der Waals surface area contributed by atoms with Gasteiger partial charge in [-0.3, -0.25) is 0 Å². The molecule has 8 heteroatoms. The molecule has 0 amide bonds. The van der Waals surface area contributed by atoms with E-state index in [-0.39, 0.29) is 0 Å². The van der Waals surface area contributed by atoms with Gasteiger partial charge in [-0.05, 0) is 152 Å². The van der Waals surface area contributed by atoms with Crippen LogP contribution < -0.4 is 5.46 Å². The van der Waals surface area contributed by atoms with E-state index in [2.05, 4.69) is 206 Å². The number of benzene rings is 10. The Bertz CT molecular complexity index is 3520. The molecule has 2 aromatic heterocycles. The molecule has 2 nitrogen and oxygen atoms in total. The number of halogens is 3. The average molecular weight is 1110 g/mol. The summed E-state index contributed by atoms with van der Waals surface area (Å²) < 4.78 is 8.71. The maximum atomic E-state index is 9.52. The minimum atomic E-state index is -1.48. The number of thiophene rings is 2. The summed E-state index contributed by atoms with van der Waals surface area (Å²) in [6.45, 7) is 0. The van der Waals surface area contributed by atoms with Gasteiger partial charge in [0, 0.05) is 53.8 Å². The van der Waals surface area contributed by atoms with E-state index in [0.29, 0.717) is 5.46 Å². The van der Waals surface area contributed by atoms with Crippen LogP contribution in [-0.2, 0) is 0 Å². The van der Waals surface area contributed by atoms with Crippen LogP contribution in [0.5, 0.6) is 0 Å². The smallest absolute Gasteiger partial charge is 0.423 e. The number of rotatable bonds is 6. The van der Waals surface area contributed by atoms with E-state index in [1.165, 1.54) is 73.7 Å². The van der Waals surface area contributed by atoms with Gasteiger partial charge in [0.15, 0.2) is 0 Å². The molecular weight excluding hydrogens is 1070 g/mol. The largest absolute Gasteiger partial charge is 0.488 e. The predicted octanol–water partition coefficient (Wildman–Crippen LogP) is 18.1. The van der Waals surface area contributed by atoms with Crippen LogP contribution in [0.4, 0.5) is 0 Å². The SMILES string of the molecule is Brc1ccc2sc3ccc(-c4cc(-c5ccccc5)cc(-c5ccccc5)c4)cc3c2c1.Brc1ccc2sc3ccc(Br)cc3c2c1.OB(O)c1cc(-c2ccccc2)cc(-c2ccccc2)c1. The van der Waals surface area contributed by atoms with E-state index in [9.17, 15) is 10.0 Å². The molecule has 0 spiro atoms. The van der Waals surface area contributed by atoms with Crippen molar-refractivity contribution in [1.29, 1.82) is 0 Å². The van der Waals surface area contributed by atoms with Crippen LogP contribution in [-0.4, -0.2) is 17.2 Å². The fourth-order valence-corrected chi connectivity index (χ4v) is 11.7. The van der Waals surface area contributed by atoms with E-state index in [1.807, 2.05) is 95.5 Å². The molecular formula is C60H40BBr3O2S2. The van der Waals surface area contributed by atoms with Crippen molar-refractivity contribution in [3.05, 3.63) is 244 Å². The van der Waals surface area contributed by atoms with E-state index >= 15 is 0 Å². The van der Waals surface area contributed by atoms with Crippen LogP contribution in [0.2, 0.25) is 0 Å². The van der Waals surface area contributed by atoms with Crippen molar-refractivity contribution in [2.75, 3.05) is 0 Å². The Morgan fingerprint density at radius 3 is 0.868 bits per heavy atom. The molecule has 0 aliphatic rings. The van der Waals surface area contributed by atoms with Crippen LogP contribution in [0.25, 0.3) is 96.0 Å². The first kappa shape index (κ1) is 45.8. The monoisotopic (exact) mass is 1100 g/mol. The number of hydrogen-bond donors (Lipinski definition) is 2. The first-order valence-corrected chi connectivity index (χ1v) is 26.0. The molecule has 0 radical (unpaired) electrons. The number of hydrogen-bond acceptors (Lipinski definition) is 4. The molecule has 0 aliphatic carbocycles. The third-order valence-electron chi connectivity index (χ3n) is 11.8. The molecule has 10 aromatic carbocycles. The molecule has 2 heterocycles. The summed E-state index contributed by atoms with van der Waals surface area (Å²) in [6.07, 6.45) is 0. The topological polar surface area (TPSA) is 40.5 Å². The Balaban J connectivity index is 0.000000129. The minimum Gasteiger partial charge on any atom is -0.423 e. The van der Waals surface area contributed by atoms with Gasteiger partial charge in [-0.1, -0.05) is 187 Å². The molecule has 68 heavy (non-hydrogen) atoms. The predicted molar refractivity (Wildman–Crippen MR) is 305 cm³/mol. The highest BCUT2D eigenvalue weighted by Gasteiger charge is 2.15. The van der Waals surface area contributed by atoms with Gasteiger partial charge in [-0.25, -0.2) is 0 Å². The number of fused-ring (bicyclic) bond motifs is 6. The van der Waals surface area contributed by atoms with Gasteiger partial charge in [0.2, 0.25) is 0 Å². The van der Waals surface area contributed by atoms with E-state index in [0.717, 1.165) is 35.7 Å². The van der Waals surface area contributed by atoms with Gasteiger partial charge in [0.1, 0.15) is 0 Å². The molecule has 328 valence electrons. The Labute approximate surface area is 429 Å². The molecule has 0 saturated carbocycles. The van der Waals surface area contributed by atoms with Crippen molar-refractivity contribution in [2.45, 2.75) is 0 Å². The Kier molecular flexibility index (Phi) is 14.0. The van der Waals surface area contributed by atoms with Crippen LogP contribution in [0.1, 0.15) is 0 Å². The van der Waals surface area contributed by atoms with Crippen molar-refractivity contribution in [3.8, 4) is 55.6 Å². The van der Waals surface area contributed by atoms with Crippen molar-refractivity contribution in [1.82, 2.24) is 0 Å². The van der Waals surface area contributed by atoms with Gasteiger partial charge in [0.25, 0.3) is 0 Å². The lowest BCUT2D eigenvalue weighted by Gasteiger charge is -2.11.